The standard InChI is InChI=1S/C8H15NO4/c1-13-8(12)5-3-6(9)2-4-7(10)11/h6H,2-5,9H2,1H3,(H,10,11). The maximum absolute atomic E-state index is 10.7. The van der Waals surface area contributed by atoms with Gasteiger partial charge in [0.1, 0.15) is 0 Å². The van der Waals surface area contributed by atoms with Crippen molar-refractivity contribution in [2.45, 2.75) is 31.7 Å². The lowest BCUT2D eigenvalue weighted by molar-refractivity contribution is -0.140. The fourth-order valence-corrected chi connectivity index (χ4v) is 0.859. The van der Waals surface area contributed by atoms with Crippen molar-refractivity contribution in [1.82, 2.24) is 0 Å². The summed E-state index contributed by atoms with van der Waals surface area (Å²) in [4.78, 5) is 20.8. The third-order valence-corrected chi connectivity index (χ3v) is 1.68. The van der Waals surface area contributed by atoms with Crippen LogP contribution < -0.4 is 5.73 Å². The molecule has 0 spiro atoms. The molecule has 0 fully saturated rings. The van der Waals surface area contributed by atoms with Gasteiger partial charge in [-0.15, -0.1) is 0 Å². The highest BCUT2D eigenvalue weighted by Gasteiger charge is 2.08. The van der Waals surface area contributed by atoms with E-state index in [1.165, 1.54) is 7.11 Å². The Morgan fingerprint density at radius 2 is 1.92 bits per heavy atom. The maximum atomic E-state index is 10.7. The lowest BCUT2D eigenvalue weighted by Crippen LogP contribution is -2.22. The molecule has 0 heterocycles. The highest BCUT2D eigenvalue weighted by atomic mass is 16.5. The van der Waals surface area contributed by atoms with Crippen LogP contribution in [0.15, 0.2) is 0 Å². The Hall–Kier alpha value is -1.10. The minimum atomic E-state index is -0.867. The topological polar surface area (TPSA) is 89.6 Å². The second kappa shape index (κ2) is 6.42. The second-order valence-corrected chi connectivity index (χ2v) is 2.81. The molecule has 0 aromatic heterocycles. The van der Waals surface area contributed by atoms with Gasteiger partial charge in [0.25, 0.3) is 0 Å². The van der Waals surface area contributed by atoms with Crippen LogP contribution in [0.4, 0.5) is 0 Å². The molecule has 0 bridgehead atoms. The fraction of sp³-hybridized carbons (Fsp3) is 0.750. The van der Waals surface area contributed by atoms with Gasteiger partial charge in [-0.05, 0) is 12.8 Å². The van der Waals surface area contributed by atoms with Gasteiger partial charge in [0.05, 0.1) is 7.11 Å². The zero-order valence-electron chi connectivity index (χ0n) is 7.66. The Morgan fingerprint density at radius 1 is 1.38 bits per heavy atom. The van der Waals surface area contributed by atoms with Crippen LogP contribution in [-0.2, 0) is 14.3 Å². The van der Waals surface area contributed by atoms with Crippen LogP contribution in [0.1, 0.15) is 25.7 Å². The van der Waals surface area contributed by atoms with E-state index in [4.69, 9.17) is 10.8 Å². The van der Waals surface area contributed by atoms with Crippen LogP contribution in [0, 0.1) is 0 Å². The fourth-order valence-electron chi connectivity index (χ4n) is 0.859. The van der Waals surface area contributed by atoms with Gasteiger partial charge in [-0.25, -0.2) is 0 Å². The number of carboxylic acids is 1. The lowest BCUT2D eigenvalue weighted by atomic mass is 10.1. The summed E-state index contributed by atoms with van der Waals surface area (Å²) in [7, 11) is 1.31. The van der Waals surface area contributed by atoms with Gasteiger partial charge in [0, 0.05) is 18.9 Å². The molecular weight excluding hydrogens is 174 g/mol. The Kier molecular flexibility index (Phi) is 5.88. The Balaban J connectivity index is 3.45. The predicted octanol–water partition coefficient (Wildman–Crippen LogP) is 0.132. The Morgan fingerprint density at radius 3 is 2.38 bits per heavy atom. The Bertz CT molecular complexity index is 181. The summed E-state index contributed by atoms with van der Waals surface area (Å²) in [6, 6.07) is -0.241. The first-order valence-corrected chi connectivity index (χ1v) is 4.10. The Labute approximate surface area is 76.9 Å². The average molecular weight is 189 g/mol. The van der Waals surface area contributed by atoms with Crippen LogP contribution in [0.25, 0.3) is 0 Å². The second-order valence-electron chi connectivity index (χ2n) is 2.81. The number of aliphatic carboxylic acids is 1. The largest absolute Gasteiger partial charge is 0.481 e. The van der Waals surface area contributed by atoms with Crippen molar-refractivity contribution in [2.75, 3.05) is 7.11 Å². The molecule has 0 aromatic rings. The molecule has 1 atom stereocenters. The first-order valence-electron chi connectivity index (χ1n) is 4.10. The molecule has 3 N–H and O–H groups in total. The number of hydrogen-bond donors (Lipinski definition) is 2. The van der Waals surface area contributed by atoms with Gasteiger partial charge in [-0.1, -0.05) is 0 Å². The number of carbonyl (C=O) groups is 2. The van der Waals surface area contributed by atoms with Crippen molar-refractivity contribution in [3.05, 3.63) is 0 Å². The molecule has 13 heavy (non-hydrogen) atoms. The first-order chi connectivity index (χ1) is 6.06. The molecule has 0 radical (unpaired) electrons. The van der Waals surface area contributed by atoms with Crippen molar-refractivity contribution in [3.8, 4) is 0 Å². The van der Waals surface area contributed by atoms with Gasteiger partial charge < -0.3 is 15.6 Å². The molecule has 5 heteroatoms. The SMILES string of the molecule is COC(=O)CCC(N)CCC(=O)O. The van der Waals surface area contributed by atoms with Crippen LogP contribution in [-0.4, -0.2) is 30.2 Å². The molecular formula is C8H15NO4. The molecule has 0 aromatic carbocycles. The number of carboxylic acid groups (broad SMARTS) is 1. The summed E-state index contributed by atoms with van der Waals surface area (Å²) in [5, 5.41) is 8.34. The highest BCUT2D eigenvalue weighted by Crippen LogP contribution is 2.02. The van der Waals surface area contributed by atoms with Crippen LogP contribution >= 0.6 is 0 Å². The highest BCUT2D eigenvalue weighted by molar-refractivity contribution is 5.69. The van der Waals surface area contributed by atoms with E-state index < -0.39 is 5.97 Å². The molecule has 5 nitrogen and oxygen atoms in total. The van der Waals surface area contributed by atoms with Crippen molar-refractivity contribution in [1.29, 1.82) is 0 Å². The molecule has 0 saturated heterocycles. The number of rotatable bonds is 6. The van der Waals surface area contributed by atoms with Gasteiger partial charge in [-0.2, -0.15) is 0 Å². The number of carbonyl (C=O) groups excluding carboxylic acids is 1. The van der Waals surface area contributed by atoms with Gasteiger partial charge in [0.15, 0.2) is 0 Å². The van der Waals surface area contributed by atoms with Gasteiger partial charge in [0.2, 0.25) is 0 Å². The summed E-state index contributed by atoms with van der Waals surface area (Å²) < 4.78 is 4.42. The number of ether oxygens (including phenoxy) is 1. The van der Waals surface area contributed by atoms with E-state index in [0.29, 0.717) is 12.8 Å². The van der Waals surface area contributed by atoms with Gasteiger partial charge >= 0.3 is 11.9 Å². The molecule has 0 aliphatic carbocycles. The summed E-state index contributed by atoms with van der Waals surface area (Å²) >= 11 is 0. The number of nitrogens with two attached hydrogens (primary N) is 1. The quantitative estimate of drug-likeness (QED) is 0.580. The van der Waals surface area contributed by atoms with E-state index in [-0.39, 0.29) is 24.9 Å². The summed E-state index contributed by atoms with van der Waals surface area (Å²) in [6.45, 7) is 0. The summed E-state index contributed by atoms with van der Waals surface area (Å²) in [5.41, 5.74) is 5.55. The number of methoxy groups -OCH3 is 1. The van der Waals surface area contributed by atoms with Crippen molar-refractivity contribution >= 4 is 11.9 Å². The van der Waals surface area contributed by atoms with Gasteiger partial charge in [-0.3, -0.25) is 9.59 Å². The van der Waals surface area contributed by atoms with E-state index in [1.54, 1.807) is 0 Å². The zero-order valence-corrected chi connectivity index (χ0v) is 7.66. The maximum Gasteiger partial charge on any atom is 0.305 e. The van der Waals surface area contributed by atoms with E-state index in [2.05, 4.69) is 4.74 Å². The van der Waals surface area contributed by atoms with E-state index in [0.717, 1.165) is 0 Å². The summed E-state index contributed by atoms with van der Waals surface area (Å²) in [6.07, 6.45) is 1.16. The molecule has 0 amide bonds. The minimum absolute atomic E-state index is 0.0440. The number of hydrogen-bond acceptors (Lipinski definition) is 4. The third kappa shape index (κ3) is 7.27. The van der Waals surface area contributed by atoms with Crippen LogP contribution in [0.2, 0.25) is 0 Å². The van der Waals surface area contributed by atoms with Crippen LogP contribution in [0.3, 0.4) is 0 Å². The minimum Gasteiger partial charge on any atom is -0.481 e. The predicted molar refractivity (Wildman–Crippen MR) is 46.1 cm³/mol. The zero-order chi connectivity index (χ0) is 10.3. The molecule has 0 aliphatic heterocycles. The van der Waals surface area contributed by atoms with E-state index >= 15 is 0 Å². The van der Waals surface area contributed by atoms with E-state index in [9.17, 15) is 9.59 Å². The van der Waals surface area contributed by atoms with Crippen molar-refractivity contribution < 1.29 is 19.4 Å². The number of esters is 1. The molecule has 0 rings (SSSR count). The first kappa shape index (κ1) is 11.9. The monoisotopic (exact) mass is 189 g/mol. The summed E-state index contributed by atoms with van der Waals surface area (Å²) in [5.74, 6) is -1.18. The van der Waals surface area contributed by atoms with E-state index in [1.807, 2.05) is 0 Å². The molecule has 1 unspecified atom stereocenters. The van der Waals surface area contributed by atoms with Crippen molar-refractivity contribution in [2.24, 2.45) is 5.73 Å². The molecule has 0 saturated carbocycles. The molecule has 0 aliphatic rings. The van der Waals surface area contributed by atoms with Crippen molar-refractivity contribution in [3.63, 3.8) is 0 Å². The lowest BCUT2D eigenvalue weighted by Gasteiger charge is -2.08. The molecule has 76 valence electrons. The van der Waals surface area contributed by atoms with Crippen LogP contribution in [0.5, 0.6) is 0 Å². The normalized spacial score (nSPS) is 12.2. The average Bonchev–Trinajstić information content (AvgIpc) is 2.10. The third-order valence-electron chi connectivity index (χ3n) is 1.68. The smallest absolute Gasteiger partial charge is 0.305 e.